The maximum atomic E-state index is 13.2. The molecular formula is C21H32N4O. The predicted octanol–water partition coefficient (Wildman–Crippen LogP) is 4.98. The lowest BCUT2D eigenvalue weighted by Gasteiger charge is -2.31. The van der Waals surface area contributed by atoms with Gasteiger partial charge >= 0.3 is 0 Å². The second kappa shape index (κ2) is 11.4. The largest absolute Gasteiger partial charge is 0.274 e. The predicted molar refractivity (Wildman–Crippen MR) is 106 cm³/mol. The van der Waals surface area contributed by atoms with Crippen molar-refractivity contribution in [2.45, 2.75) is 77.7 Å². The number of benzene rings is 1. The van der Waals surface area contributed by atoms with Crippen molar-refractivity contribution in [2.24, 2.45) is 0 Å². The van der Waals surface area contributed by atoms with Crippen molar-refractivity contribution in [3.8, 4) is 0 Å². The van der Waals surface area contributed by atoms with Gasteiger partial charge in [-0.3, -0.25) is 4.79 Å². The summed E-state index contributed by atoms with van der Waals surface area (Å²) in [6.45, 7) is 4.41. The Kier molecular flexibility index (Phi) is 8.87. The van der Waals surface area contributed by atoms with Crippen LogP contribution in [-0.2, 0) is 0 Å². The SMILES string of the molecule is CCCCCCCCC(CCC)N(C(=O)c1ccccc1)n1ccnn1. The van der Waals surface area contributed by atoms with E-state index in [0.29, 0.717) is 5.56 Å². The molecule has 1 aromatic carbocycles. The van der Waals surface area contributed by atoms with Crippen molar-refractivity contribution in [1.82, 2.24) is 15.1 Å². The molecule has 5 nitrogen and oxygen atoms in total. The standard InChI is InChI=1S/C21H32N4O/c1-3-5-6-7-8-12-16-20(13-4-2)25(24-18-17-22-23-24)21(26)19-14-10-9-11-15-19/h9-11,14-15,17-18,20H,3-8,12-13,16H2,1-2H3. The fourth-order valence-corrected chi connectivity index (χ4v) is 3.34. The number of unbranched alkanes of at least 4 members (excludes halogenated alkanes) is 5. The zero-order valence-corrected chi connectivity index (χ0v) is 16.2. The van der Waals surface area contributed by atoms with Gasteiger partial charge < -0.3 is 0 Å². The summed E-state index contributed by atoms with van der Waals surface area (Å²) >= 11 is 0. The zero-order valence-electron chi connectivity index (χ0n) is 16.2. The molecule has 0 aliphatic heterocycles. The molecule has 0 saturated heterocycles. The topological polar surface area (TPSA) is 51.0 Å². The molecule has 0 aliphatic carbocycles. The molecule has 1 unspecified atom stereocenters. The number of aromatic nitrogens is 3. The maximum absolute atomic E-state index is 13.2. The highest BCUT2D eigenvalue weighted by molar-refractivity contribution is 6.01. The quantitative estimate of drug-likeness (QED) is 0.504. The molecule has 0 fully saturated rings. The van der Waals surface area contributed by atoms with Crippen LogP contribution in [0.15, 0.2) is 42.7 Å². The third-order valence-electron chi connectivity index (χ3n) is 4.72. The van der Waals surface area contributed by atoms with Gasteiger partial charge in [-0.1, -0.05) is 77.0 Å². The van der Waals surface area contributed by atoms with Gasteiger partial charge in [-0.05, 0) is 30.2 Å². The first kappa shape index (κ1) is 20.1. The van der Waals surface area contributed by atoms with Crippen molar-refractivity contribution in [1.29, 1.82) is 0 Å². The molecule has 0 spiro atoms. The Morgan fingerprint density at radius 3 is 2.38 bits per heavy atom. The van der Waals surface area contributed by atoms with Crippen molar-refractivity contribution >= 4 is 5.91 Å². The van der Waals surface area contributed by atoms with Crippen LogP contribution in [0.5, 0.6) is 0 Å². The third-order valence-corrected chi connectivity index (χ3v) is 4.72. The summed E-state index contributed by atoms with van der Waals surface area (Å²) < 4.78 is 0. The molecule has 0 N–H and O–H groups in total. The fourth-order valence-electron chi connectivity index (χ4n) is 3.34. The fraction of sp³-hybridized carbons (Fsp3) is 0.571. The highest BCUT2D eigenvalue weighted by Crippen LogP contribution is 2.18. The summed E-state index contributed by atoms with van der Waals surface area (Å²) in [7, 11) is 0. The molecule has 2 rings (SSSR count). The van der Waals surface area contributed by atoms with Crippen LogP contribution < -0.4 is 5.01 Å². The second-order valence-corrected chi connectivity index (χ2v) is 6.84. The average molecular weight is 357 g/mol. The summed E-state index contributed by atoms with van der Waals surface area (Å²) in [5, 5.41) is 9.81. The van der Waals surface area contributed by atoms with E-state index in [1.54, 1.807) is 22.2 Å². The van der Waals surface area contributed by atoms with Crippen molar-refractivity contribution in [2.75, 3.05) is 5.01 Å². The number of hydrogen-bond donors (Lipinski definition) is 0. The maximum Gasteiger partial charge on any atom is 0.274 e. The number of hydrogen-bond acceptors (Lipinski definition) is 3. The van der Waals surface area contributed by atoms with Crippen molar-refractivity contribution < 1.29 is 4.79 Å². The number of carbonyl (C=O) groups is 1. The third kappa shape index (κ3) is 5.97. The first-order chi connectivity index (χ1) is 12.8. The Balaban J connectivity index is 2.09. The van der Waals surface area contributed by atoms with E-state index in [1.807, 2.05) is 30.3 Å². The van der Waals surface area contributed by atoms with Gasteiger partial charge in [0.15, 0.2) is 0 Å². The molecule has 5 heteroatoms. The molecule has 1 heterocycles. The van der Waals surface area contributed by atoms with Crippen LogP contribution in [0, 0.1) is 0 Å². The van der Waals surface area contributed by atoms with Crippen LogP contribution in [0.4, 0.5) is 0 Å². The Hall–Kier alpha value is -2.17. The summed E-state index contributed by atoms with van der Waals surface area (Å²) in [4.78, 5) is 14.8. The minimum Gasteiger partial charge on any atom is -0.267 e. The van der Waals surface area contributed by atoms with Crippen LogP contribution in [0.1, 0.15) is 82.0 Å². The highest BCUT2D eigenvalue weighted by Gasteiger charge is 2.26. The van der Waals surface area contributed by atoms with Gasteiger partial charge in [0, 0.05) is 5.56 Å². The molecule has 0 saturated carbocycles. The molecule has 1 amide bonds. The monoisotopic (exact) mass is 356 g/mol. The average Bonchev–Trinajstić information content (AvgIpc) is 3.19. The van der Waals surface area contributed by atoms with Gasteiger partial charge in [-0.25, -0.2) is 5.01 Å². The van der Waals surface area contributed by atoms with Crippen LogP contribution in [-0.4, -0.2) is 27.1 Å². The van der Waals surface area contributed by atoms with Gasteiger partial charge in [0.05, 0.1) is 18.4 Å². The number of amides is 1. The smallest absolute Gasteiger partial charge is 0.267 e. The van der Waals surface area contributed by atoms with E-state index in [1.165, 1.54) is 32.1 Å². The minimum absolute atomic E-state index is 0.0134. The molecule has 2 aromatic rings. The van der Waals surface area contributed by atoms with E-state index >= 15 is 0 Å². The Morgan fingerprint density at radius 2 is 1.73 bits per heavy atom. The summed E-state index contributed by atoms with van der Waals surface area (Å²) in [6.07, 6.45) is 13.9. The van der Waals surface area contributed by atoms with Crippen LogP contribution in [0.2, 0.25) is 0 Å². The molecule has 26 heavy (non-hydrogen) atoms. The van der Waals surface area contributed by atoms with Crippen LogP contribution in [0.3, 0.4) is 0 Å². The zero-order chi connectivity index (χ0) is 18.6. The number of carbonyl (C=O) groups excluding carboxylic acids is 1. The molecule has 0 radical (unpaired) electrons. The first-order valence-electron chi connectivity index (χ1n) is 10.0. The van der Waals surface area contributed by atoms with Crippen LogP contribution in [0.25, 0.3) is 0 Å². The Labute approximate surface area is 157 Å². The minimum atomic E-state index is -0.0134. The molecule has 0 aliphatic rings. The summed E-state index contributed by atoms with van der Waals surface area (Å²) in [6, 6.07) is 9.58. The van der Waals surface area contributed by atoms with E-state index in [4.69, 9.17) is 0 Å². The van der Waals surface area contributed by atoms with Gasteiger partial charge in [0.2, 0.25) is 0 Å². The summed E-state index contributed by atoms with van der Waals surface area (Å²) in [5.41, 5.74) is 0.687. The van der Waals surface area contributed by atoms with Gasteiger partial charge in [0.1, 0.15) is 0 Å². The highest BCUT2D eigenvalue weighted by atomic mass is 16.2. The van der Waals surface area contributed by atoms with E-state index in [2.05, 4.69) is 24.2 Å². The lowest BCUT2D eigenvalue weighted by molar-refractivity contribution is 0.0930. The van der Waals surface area contributed by atoms with E-state index in [0.717, 1.165) is 25.7 Å². The molecule has 0 bridgehead atoms. The number of nitrogens with zero attached hydrogens (tertiary/aromatic N) is 4. The van der Waals surface area contributed by atoms with Gasteiger partial charge in [0.25, 0.3) is 5.91 Å². The summed E-state index contributed by atoms with van der Waals surface area (Å²) in [5.74, 6) is -0.0134. The second-order valence-electron chi connectivity index (χ2n) is 6.84. The molecule has 1 atom stereocenters. The van der Waals surface area contributed by atoms with E-state index in [-0.39, 0.29) is 11.9 Å². The molecule has 1 aromatic heterocycles. The van der Waals surface area contributed by atoms with Gasteiger partial charge in [-0.2, -0.15) is 4.79 Å². The van der Waals surface area contributed by atoms with E-state index < -0.39 is 0 Å². The normalized spacial score (nSPS) is 12.1. The van der Waals surface area contributed by atoms with Gasteiger partial charge in [-0.15, -0.1) is 5.10 Å². The van der Waals surface area contributed by atoms with Crippen LogP contribution >= 0.6 is 0 Å². The van der Waals surface area contributed by atoms with Crippen molar-refractivity contribution in [3.05, 3.63) is 48.3 Å². The molecule has 142 valence electrons. The van der Waals surface area contributed by atoms with E-state index in [9.17, 15) is 4.79 Å². The first-order valence-corrected chi connectivity index (χ1v) is 10.0. The Bertz CT molecular complexity index is 612. The lowest BCUT2D eigenvalue weighted by Crippen LogP contribution is -2.48. The van der Waals surface area contributed by atoms with Crippen molar-refractivity contribution in [3.63, 3.8) is 0 Å². The lowest BCUT2D eigenvalue weighted by atomic mass is 10.0. The molecular weight excluding hydrogens is 324 g/mol. The number of rotatable bonds is 12. The Morgan fingerprint density at radius 1 is 1.00 bits per heavy atom.